The first-order valence-corrected chi connectivity index (χ1v) is 10.7. The fourth-order valence-electron chi connectivity index (χ4n) is 2.90. The van der Waals surface area contributed by atoms with Crippen LogP contribution in [-0.2, 0) is 12.2 Å². The summed E-state index contributed by atoms with van der Waals surface area (Å²) in [5.74, 6) is 1.09. The highest BCUT2D eigenvalue weighted by Crippen LogP contribution is 2.25. The number of non-ortho nitro benzene ring substituents is 1. The van der Waals surface area contributed by atoms with Crippen LogP contribution in [0.1, 0.15) is 31.2 Å². The van der Waals surface area contributed by atoms with E-state index in [9.17, 15) is 10.1 Å². The molecule has 11 heteroatoms. The summed E-state index contributed by atoms with van der Waals surface area (Å²) >= 11 is 1.38. The van der Waals surface area contributed by atoms with Gasteiger partial charge in [0.1, 0.15) is 0 Å². The third kappa shape index (κ3) is 4.94. The zero-order chi connectivity index (χ0) is 21.6. The van der Waals surface area contributed by atoms with Crippen molar-refractivity contribution in [2.24, 2.45) is 0 Å². The first-order chi connectivity index (χ1) is 15.1. The molecular formula is C20H19N7O3S. The number of aromatic nitrogens is 6. The molecule has 158 valence electrons. The Morgan fingerprint density at radius 3 is 2.55 bits per heavy atom. The Labute approximate surface area is 181 Å². The first-order valence-electron chi connectivity index (χ1n) is 9.71. The Morgan fingerprint density at radius 2 is 1.84 bits per heavy atom. The molecule has 0 saturated carbocycles. The maximum Gasteiger partial charge on any atom is 0.269 e. The minimum atomic E-state index is -0.456. The summed E-state index contributed by atoms with van der Waals surface area (Å²) in [4.78, 5) is 10.3. The molecule has 0 amide bonds. The van der Waals surface area contributed by atoms with Crippen molar-refractivity contribution in [3.05, 3.63) is 70.1 Å². The van der Waals surface area contributed by atoms with E-state index in [0.717, 1.165) is 24.9 Å². The molecule has 31 heavy (non-hydrogen) atoms. The van der Waals surface area contributed by atoms with E-state index in [1.54, 1.807) is 16.8 Å². The summed E-state index contributed by atoms with van der Waals surface area (Å²) in [5.41, 5.74) is 2.79. The maximum absolute atomic E-state index is 10.8. The van der Waals surface area contributed by atoms with Crippen molar-refractivity contribution in [3.63, 3.8) is 0 Å². The lowest BCUT2D eigenvalue weighted by atomic mass is 10.1. The van der Waals surface area contributed by atoms with Crippen molar-refractivity contribution in [1.29, 1.82) is 0 Å². The van der Waals surface area contributed by atoms with Crippen LogP contribution in [0.2, 0.25) is 0 Å². The van der Waals surface area contributed by atoms with Crippen molar-refractivity contribution in [2.45, 2.75) is 37.1 Å². The number of nitro groups is 1. The number of benzene rings is 2. The summed E-state index contributed by atoms with van der Waals surface area (Å²) in [5, 5.41) is 31.4. The Kier molecular flexibility index (Phi) is 6.32. The number of thioether (sulfide) groups is 1. The Balaban J connectivity index is 1.42. The highest BCUT2D eigenvalue weighted by molar-refractivity contribution is 7.98. The molecule has 0 aliphatic carbocycles. The average Bonchev–Trinajstić information content (AvgIpc) is 3.46. The number of hydrogen-bond donors (Lipinski definition) is 0. The lowest BCUT2D eigenvalue weighted by Gasteiger charge is -2.05. The van der Waals surface area contributed by atoms with Crippen LogP contribution in [0.4, 0.5) is 5.69 Å². The van der Waals surface area contributed by atoms with E-state index in [-0.39, 0.29) is 5.69 Å². The smallest absolute Gasteiger partial charge is 0.269 e. The second-order valence-electron chi connectivity index (χ2n) is 6.74. The van der Waals surface area contributed by atoms with Crippen molar-refractivity contribution in [1.82, 2.24) is 30.4 Å². The van der Waals surface area contributed by atoms with Crippen LogP contribution in [0.25, 0.3) is 17.1 Å². The van der Waals surface area contributed by atoms with Gasteiger partial charge in [-0.25, -0.2) is 0 Å². The summed E-state index contributed by atoms with van der Waals surface area (Å²) in [7, 11) is 0. The van der Waals surface area contributed by atoms with Gasteiger partial charge in [-0.15, -0.1) is 15.3 Å². The monoisotopic (exact) mass is 437 g/mol. The fourth-order valence-corrected chi connectivity index (χ4v) is 3.62. The molecule has 0 aliphatic rings. The molecule has 0 unspecified atom stereocenters. The van der Waals surface area contributed by atoms with E-state index < -0.39 is 4.92 Å². The zero-order valence-electron chi connectivity index (χ0n) is 16.7. The van der Waals surface area contributed by atoms with Gasteiger partial charge in [0.2, 0.25) is 16.9 Å². The zero-order valence-corrected chi connectivity index (χ0v) is 17.5. The van der Waals surface area contributed by atoms with Crippen LogP contribution in [-0.4, -0.2) is 35.3 Å². The van der Waals surface area contributed by atoms with Crippen LogP contribution in [0.5, 0.6) is 0 Å². The van der Waals surface area contributed by atoms with Crippen LogP contribution in [0, 0.1) is 10.1 Å². The highest BCUT2D eigenvalue weighted by atomic mass is 32.2. The molecular weight excluding hydrogens is 418 g/mol. The topological polar surface area (TPSA) is 126 Å². The molecule has 0 spiro atoms. The Hall–Kier alpha value is -3.60. The molecule has 4 rings (SSSR count). The third-order valence-electron chi connectivity index (χ3n) is 4.56. The molecule has 0 atom stereocenters. The van der Waals surface area contributed by atoms with Gasteiger partial charge >= 0.3 is 0 Å². The minimum Gasteiger partial charge on any atom is -0.420 e. The van der Waals surface area contributed by atoms with Crippen LogP contribution < -0.4 is 0 Å². The van der Waals surface area contributed by atoms with E-state index >= 15 is 0 Å². The normalized spacial score (nSPS) is 11.0. The molecule has 0 radical (unpaired) electrons. The molecule has 0 fully saturated rings. The number of nitrogens with zero attached hydrogens (tertiary/aromatic N) is 7. The van der Waals surface area contributed by atoms with Gasteiger partial charge in [0, 0.05) is 17.7 Å². The second-order valence-corrected chi connectivity index (χ2v) is 7.68. The van der Waals surface area contributed by atoms with Gasteiger partial charge in [-0.1, -0.05) is 37.2 Å². The number of nitro benzene ring substituents is 1. The maximum atomic E-state index is 10.8. The van der Waals surface area contributed by atoms with Crippen LogP contribution in [0.3, 0.4) is 0 Å². The predicted octanol–water partition coefficient (Wildman–Crippen LogP) is 4.26. The molecule has 0 bridgehead atoms. The molecule has 10 nitrogen and oxygen atoms in total. The summed E-state index contributed by atoms with van der Waals surface area (Å²) in [6.07, 6.45) is 3.39. The molecule has 0 N–H and O–H groups in total. The number of hydrogen-bond acceptors (Lipinski definition) is 9. The van der Waals surface area contributed by atoms with Gasteiger partial charge in [-0.3, -0.25) is 10.1 Å². The number of rotatable bonds is 9. The van der Waals surface area contributed by atoms with Crippen LogP contribution >= 0.6 is 11.8 Å². The molecule has 2 aromatic heterocycles. The van der Waals surface area contributed by atoms with E-state index in [1.807, 2.05) is 12.1 Å². The largest absolute Gasteiger partial charge is 0.420 e. The van der Waals surface area contributed by atoms with E-state index in [4.69, 9.17) is 4.42 Å². The van der Waals surface area contributed by atoms with Gasteiger partial charge in [0.15, 0.2) is 0 Å². The van der Waals surface area contributed by atoms with Gasteiger partial charge in [-0.05, 0) is 53.1 Å². The summed E-state index contributed by atoms with van der Waals surface area (Å²) < 4.78 is 7.34. The van der Waals surface area contributed by atoms with Crippen LogP contribution in [0.15, 0.2) is 58.1 Å². The van der Waals surface area contributed by atoms with Crippen molar-refractivity contribution in [2.75, 3.05) is 0 Å². The molecule has 0 saturated heterocycles. The van der Waals surface area contributed by atoms with E-state index in [1.165, 1.54) is 29.5 Å². The quantitative estimate of drug-likeness (QED) is 0.214. The van der Waals surface area contributed by atoms with Gasteiger partial charge in [0.25, 0.3) is 5.69 Å². The Bertz CT molecular complexity index is 1160. The first kappa shape index (κ1) is 20.7. The lowest BCUT2D eigenvalue weighted by Crippen LogP contribution is -1.99. The standard InChI is InChI=1S/C20H19N7O3S/c1-2-3-4-14-5-9-16(10-6-14)26-20(23-24-25-26)31-13-18-21-22-19(30-18)15-7-11-17(12-8-15)27(28)29/h5-12H,2-4,13H2,1H3. The van der Waals surface area contributed by atoms with Gasteiger partial charge in [-0.2, -0.15) is 4.68 Å². The summed E-state index contributed by atoms with van der Waals surface area (Å²) in [6.45, 7) is 2.18. The lowest BCUT2D eigenvalue weighted by molar-refractivity contribution is -0.384. The van der Waals surface area contributed by atoms with Crippen molar-refractivity contribution >= 4 is 17.4 Å². The summed E-state index contributed by atoms with van der Waals surface area (Å²) in [6, 6.07) is 14.1. The molecule has 4 aromatic rings. The second kappa shape index (κ2) is 9.47. The SMILES string of the molecule is CCCCc1ccc(-n2nnnc2SCc2nnc(-c3ccc([N+](=O)[O-])cc3)o2)cc1. The van der Waals surface area contributed by atoms with Gasteiger partial charge in [0.05, 0.1) is 16.4 Å². The minimum absolute atomic E-state index is 0.00396. The van der Waals surface area contributed by atoms with E-state index in [2.05, 4.69) is 44.8 Å². The predicted molar refractivity (Wildman–Crippen MR) is 114 cm³/mol. The van der Waals surface area contributed by atoms with Crippen molar-refractivity contribution < 1.29 is 9.34 Å². The Morgan fingerprint density at radius 1 is 1.06 bits per heavy atom. The molecule has 0 aliphatic heterocycles. The molecule has 2 aromatic carbocycles. The highest BCUT2D eigenvalue weighted by Gasteiger charge is 2.14. The fraction of sp³-hybridized carbons (Fsp3) is 0.250. The molecule has 2 heterocycles. The number of tetrazole rings is 1. The number of unbranched alkanes of at least 4 members (excludes halogenated alkanes) is 1. The van der Waals surface area contributed by atoms with E-state index in [0.29, 0.717) is 28.3 Å². The average molecular weight is 437 g/mol. The third-order valence-corrected chi connectivity index (χ3v) is 5.46. The van der Waals surface area contributed by atoms with Crippen molar-refractivity contribution in [3.8, 4) is 17.1 Å². The number of aryl methyl sites for hydroxylation is 1. The van der Waals surface area contributed by atoms with Gasteiger partial charge < -0.3 is 4.42 Å².